The lowest BCUT2D eigenvalue weighted by Crippen LogP contribution is -2.00. The lowest BCUT2D eigenvalue weighted by atomic mass is 10.2. The molecule has 0 amide bonds. The Balaban J connectivity index is 3.20. The molecule has 0 bridgehead atoms. The fraction of sp³-hybridized carbons (Fsp3) is 0.111. The maximum Gasteiger partial charge on any atom is 0.189 e. The van der Waals surface area contributed by atoms with E-state index in [2.05, 4.69) is 27.6 Å². The Morgan fingerprint density at radius 2 is 2.38 bits per heavy atom. The largest absolute Gasteiger partial charge is 0.289 e. The molecule has 1 aromatic heterocycles. The van der Waals surface area contributed by atoms with E-state index in [9.17, 15) is 4.79 Å². The summed E-state index contributed by atoms with van der Waals surface area (Å²) >= 11 is 7.85. The number of hydrogen-bond acceptors (Lipinski definition) is 2. The van der Waals surface area contributed by atoms with E-state index in [4.69, 9.17) is 11.6 Å². The average Bonchev–Trinajstić information content (AvgIpc) is 2.04. The molecule has 2 nitrogen and oxygen atoms in total. The Kier molecular flexibility index (Phi) is 3.87. The third-order valence-electron chi connectivity index (χ3n) is 1.42. The molecular weight excluding hydrogens is 300 g/mol. The maximum absolute atomic E-state index is 11.5. The minimum absolute atomic E-state index is 0.106. The lowest BCUT2D eigenvalue weighted by molar-refractivity contribution is 0.104. The molecule has 0 spiro atoms. The first-order valence-corrected chi connectivity index (χ1v) is 5.09. The van der Waals surface area contributed by atoms with Crippen LogP contribution in [0.2, 0.25) is 5.15 Å². The van der Waals surface area contributed by atoms with Crippen molar-refractivity contribution in [3.05, 3.63) is 38.7 Å². The highest BCUT2D eigenvalue weighted by molar-refractivity contribution is 14.1. The van der Waals surface area contributed by atoms with Crippen LogP contribution < -0.4 is 0 Å². The molecule has 0 aliphatic carbocycles. The summed E-state index contributed by atoms with van der Waals surface area (Å²) in [4.78, 5) is 15.3. The van der Waals surface area contributed by atoms with Gasteiger partial charge < -0.3 is 0 Å². The van der Waals surface area contributed by atoms with Crippen molar-refractivity contribution in [2.24, 2.45) is 0 Å². The molecule has 68 valence electrons. The number of hydrogen-bond donors (Lipinski definition) is 0. The molecule has 0 unspecified atom stereocenters. The van der Waals surface area contributed by atoms with Gasteiger partial charge in [0.2, 0.25) is 0 Å². The number of ketones is 1. The lowest BCUT2D eigenvalue weighted by Gasteiger charge is -2.00. The van der Waals surface area contributed by atoms with E-state index >= 15 is 0 Å². The van der Waals surface area contributed by atoms with E-state index in [1.54, 1.807) is 25.3 Å². The van der Waals surface area contributed by atoms with Gasteiger partial charge in [-0.05, 0) is 41.7 Å². The molecule has 0 radical (unpaired) electrons. The summed E-state index contributed by atoms with van der Waals surface area (Å²) in [6, 6.07) is 1.75. The van der Waals surface area contributed by atoms with Crippen LogP contribution in [-0.4, -0.2) is 10.8 Å². The highest BCUT2D eigenvalue weighted by atomic mass is 127. The van der Waals surface area contributed by atoms with Gasteiger partial charge in [0.1, 0.15) is 5.15 Å². The minimum Gasteiger partial charge on any atom is -0.289 e. The zero-order valence-corrected chi connectivity index (χ0v) is 9.83. The normalized spacial score (nSPS) is 10.7. The van der Waals surface area contributed by atoms with Gasteiger partial charge in [-0.3, -0.25) is 4.79 Å². The summed E-state index contributed by atoms with van der Waals surface area (Å²) in [6.45, 7) is 1.79. The van der Waals surface area contributed by atoms with Crippen molar-refractivity contribution in [1.29, 1.82) is 0 Å². The Morgan fingerprint density at radius 1 is 1.69 bits per heavy atom. The van der Waals surface area contributed by atoms with Crippen molar-refractivity contribution in [3.63, 3.8) is 0 Å². The van der Waals surface area contributed by atoms with Crippen molar-refractivity contribution in [2.75, 3.05) is 0 Å². The van der Waals surface area contributed by atoms with Crippen molar-refractivity contribution in [1.82, 2.24) is 4.98 Å². The van der Waals surface area contributed by atoms with Crippen molar-refractivity contribution in [3.8, 4) is 0 Å². The van der Waals surface area contributed by atoms with E-state index in [1.165, 1.54) is 6.08 Å². The smallest absolute Gasteiger partial charge is 0.189 e. The van der Waals surface area contributed by atoms with E-state index in [-0.39, 0.29) is 10.9 Å². The standard InChI is InChI=1S/C9H7ClINO/c1-2-3-7(13)8-6(11)4-5-12-9(8)10/h2-5H,1H3/b3-2+. The van der Waals surface area contributed by atoms with Gasteiger partial charge >= 0.3 is 0 Å². The highest BCUT2D eigenvalue weighted by Gasteiger charge is 2.11. The molecular formula is C9H7ClINO. The quantitative estimate of drug-likeness (QED) is 0.364. The number of pyridine rings is 1. The third kappa shape index (κ3) is 2.51. The molecule has 1 aromatic rings. The van der Waals surface area contributed by atoms with E-state index < -0.39 is 0 Å². The molecule has 13 heavy (non-hydrogen) atoms. The second kappa shape index (κ2) is 4.72. The highest BCUT2D eigenvalue weighted by Crippen LogP contribution is 2.19. The number of carbonyl (C=O) groups is 1. The summed E-state index contributed by atoms with van der Waals surface area (Å²) < 4.78 is 0.820. The summed E-state index contributed by atoms with van der Waals surface area (Å²) in [5.41, 5.74) is 0.475. The van der Waals surface area contributed by atoms with Crippen LogP contribution in [0.3, 0.4) is 0 Å². The first-order valence-electron chi connectivity index (χ1n) is 3.64. The predicted octanol–water partition coefficient (Wildman–Crippen LogP) is 3.10. The van der Waals surface area contributed by atoms with Crippen LogP contribution in [0.4, 0.5) is 0 Å². The SMILES string of the molecule is C/C=C/C(=O)c1c(I)ccnc1Cl. The molecule has 0 aliphatic heterocycles. The van der Waals surface area contributed by atoms with Gasteiger partial charge in [0, 0.05) is 9.77 Å². The molecule has 0 saturated heterocycles. The Labute approximate surface area is 95.1 Å². The summed E-state index contributed by atoms with van der Waals surface area (Å²) in [5, 5.41) is 0.259. The second-order valence-corrected chi connectivity index (χ2v) is 3.84. The third-order valence-corrected chi connectivity index (χ3v) is 2.60. The molecule has 0 saturated carbocycles. The Bertz CT molecular complexity index is 342. The van der Waals surface area contributed by atoms with Crippen LogP contribution in [0.1, 0.15) is 17.3 Å². The number of halogens is 2. The van der Waals surface area contributed by atoms with Crippen molar-refractivity contribution < 1.29 is 4.79 Å². The number of nitrogens with zero attached hydrogens (tertiary/aromatic N) is 1. The summed E-state index contributed by atoms with van der Waals surface area (Å²) in [6.07, 6.45) is 4.74. The zero-order chi connectivity index (χ0) is 9.84. The molecule has 0 N–H and O–H groups in total. The van der Waals surface area contributed by atoms with Crippen LogP contribution >= 0.6 is 34.2 Å². The van der Waals surface area contributed by atoms with E-state index in [0.717, 1.165) is 3.57 Å². The number of aromatic nitrogens is 1. The van der Waals surface area contributed by atoms with Crippen LogP contribution in [-0.2, 0) is 0 Å². The van der Waals surface area contributed by atoms with E-state index in [0.29, 0.717) is 5.56 Å². The number of rotatable bonds is 2. The Morgan fingerprint density at radius 3 is 2.92 bits per heavy atom. The monoisotopic (exact) mass is 307 g/mol. The number of allylic oxidation sites excluding steroid dienone is 2. The van der Waals surface area contributed by atoms with Gasteiger partial charge in [0.15, 0.2) is 5.78 Å². The molecule has 0 aliphatic rings. The van der Waals surface area contributed by atoms with Gasteiger partial charge in [0.25, 0.3) is 0 Å². The van der Waals surface area contributed by atoms with Gasteiger partial charge in [-0.2, -0.15) is 0 Å². The molecule has 4 heteroatoms. The van der Waals surface area contributed by atoms with Crippen molar-refractivity contribution >= 4 is 40.0 Å². The van der Waals surface area contributed by atoms with Gasteiger partial charge in [-0.25, -0.2) is 4.98 Å². The fourth-order valence-electron chi connectivity index (χ4n) is 0.869. The van der Waals surface area contributed by atoms with Crippen LogP contribution in [0.25, 0.3) is 0 Å². The van der Waals surface area contributed by atoms with Crippen LogP contribution in [0.15, 0.2) is 24.4 Å². The second-order valence-electron chi connectivity index (χ2n) is 2.32. The zero-order valence-electron chi connectivity index (χ0n) is 6.92. The first-order chi connectivity index (χ1) is 6.16. The number of carbonyl (C=O) groups excluding carboxylic acids is 1. The topological polar surface area (TPSA) is 30.0 Å². The minimum atomic E-state index is -0.106. The Hall–Kier alpha value is -0.420. The average molecular weight is 308 g/mol. The van der Waals surface area contributed by atoms with Gasteiger partial charge in [-0.1, -0.05) is 17.7 Å². The first kappa shape index (κ1) is 10.7. The maximum atomic E-state index is 11.5. The van der Waals surface area contributed by atoms with Gasteiger partial charge in [0.05, 0.1) is 5.56 Å². The molecule has 0 fully saturated rings. The summed E-state index contributed by atoms with van der Waals surface area (Å²) in [5.74, 6) is -0.106. The molecule has 1 heterocycles. The predicted molar refractivity (Wildman–Crippen MR) is 61.1 cm³/mol. The van der Waals surface area contributed by atoms with Gasteiger partial charge in [-0.15, -0.1) is 0 Å². The molecule has 0 atom stereocenters. The summed E-state index contributed by atoms with van der Waals surface area (Å²) in [7, 11) is 0. The van der Waals surface area contributed by atoms with Crippen LogP contribution in [0, 0.1) is 3.57 Å². The van der Waals surface area contributed by atoms with E-state index in [1.807, 2.05) is 0 Å². The molecule has 0 aromatic carbocycles. The van der Waals surface area contributed by atoms with Crippen molar-refractivity contribution in [2.45, 2.75) is 6.92 Å². The molecule has 1 rings (SSSR count). The van der Waals surface area contributed by atoms with Crippen LogP contribution in [0.5, 0.6) is 0 Å². The fourth-order valence-corrected chi connectivity index (χ4v) is 1.96.